The topological polar surface area (TPSA) is 109 Å². The van der Waals surface area contributed by atoms with E-state index in [0.717, 1.165) is 0 Å². The largest absolute Gasteiger partial charge is 0.444 e. The molecule has 0 spiro atoms. The molecule has 1 aliphatic heterocycles. The van der Waals surface area contributed by atoms with Crippen LogP contribution in [0.15, 0.2) is 47.6 Å². The lowest BCUT2D eigenvalue weighted by Crippen LogP contribution is -2.25. The van der Waals surface area contributed by atoms with E-state index < -0.39 is 18.0 Å². The molecule has 2 heterocycles. The molecule has 130 valence electrons. The molecule has 0 aliphatic carbocycles. The van der Waals surface area contributed by atoms with Gasteiger partial charge in [-0.05, 0) is 35.9 Å². The highest BCUT2D eigenvalue weighted by molar-refractivity contribution is 5.90. The number of cyclic esters (lactones) is 1. The molecule has 4 rings (SSSR count). The minimum Gasteiger partial charge on any atom is -0.444 e. The van der Waals surface area contributed by atoms with Gasteiger partial charge in [-0.25, -0.2) is 13.9 Å². The summed E-state index contributed by atoms with van der Waals surface area (Å²) in [6.07, 6.45) is -1.16. The number of fused-ring (bicyclic) bond motifs is 1. The fraction of sp³-hybridized carbons (Fsp3) is 0.188. The number of hydrogen-bond acceptors (Lipinski definition) is 5. The summed E-state index contributed by atoms with van der Waals surface area (Å²) in [6, 6.07) is 11.6. The van der Waals surface area contributed by atoms with Crippen LogP contribution in [0.5, 0.6) is 0 Å². The van der Waals surface area contributed by atoms with Crippen molar-refractivity contribution in [3.63, 3.8) is 0 Å². The van der Waals surface area contributed by atoms with Gasteiger partial charge in [0.15, 0.2) is 5.82 Å². The maximum Gasteiger partial charge on any atom is 0.414 e. The minimum atomic E-state index is -0.610. The highest BCUT2D eigenvalue weighted by Gasteiger charge is 2.32. The monoisotopic (exact) mass is 353 g/mol. The van der Waals surface area contributed by atoms with Gasteiger partial charge in [0.2, 0.25) is 0 Å². The Morgan fingerprint density at radius 1 is 1.35 bits per heavy atom. The summed E-state index contributed by atoms with van der Waals surface area (Å²) in [5.74, 6) is -0.551. The summed E-state index contributed by atoms with van der Waals surface area (Å²) >= 11 is 0. The highest BCUT2D eigenvalue weighted by Crippen LogP contribution is 2.26. The zero-order valence-corrected chi connectivity index (χ0v) is 13.4. The van der Waals surface area contributed by atoms with Crippen LogP contribution in [-0.2, 0) is 4.74 Å². The molecule has 1 aromatic heterocycles. The minimum absolute atomic E-state index is 0.0320. The number of para-hydroxylation sites is 1. The molecular weight excluding hydrogens is 341 g/mol. The highest BCUT2D eigenvalue weighted by atomic mass is 19.1. The number of amides is 1. The lowest BCUT2D eigenvalue weighted by atomic mass is 10.2. The lowest BCUT2D eigenvalue weighted by molar-refractivity contribution is 0.145. The van der Waals surface area contributed by atoms with E-state index in [1.54, 1.807) is 18.2 Å². The Morgan fingerprint density at radius 2 is 2.19 bits per heavy atom. The predicted octanol–water partition coefficient (Wildman–Crippen LogP) is 3.20. The first kappa shape index (κ1) is 15.9. The van der Waals surface area contributed by atoms with Gasteiger partial charge >= 0.3 is 6.09 Å². The first-order valence-electron chi connectivity index (χ1n) is 7.77. The molecule has 1 atom stereocenters. The van der Waals surface area contributed by atoms with Crippen LogP contribution in [0.1, 0.15) is 0 Å². The Hall–Kier alpha value is -3.65. The van der Waals surface area contributed by atoms with E-state index in [0.29, 0.717) is 16.7 Å². The number of halogens is 1. The Morgan fingerprint density at radius 3 is 3.00 bits per heavy atom. The van der Waals surface area contributed by atoms with E-state index in [2.05, 4.69) is 20.3 Å². The van der Waals surface area contributed by atoms with E-state index in [-0.39, 0.29) is 18.8 Å². The molecule has 26 heavy (non-hydrogen) atoms. The smallest absolute Gasteiger partial charge is 0.414 e. The molecule has 10 heteroatoms. The second kappa shape index (κ2) is 6.34. The van der Waals surface area contributed by atoms with Crippen LogP contribution in [0.25, 0.3) is 27.2 Å². The zero-order chi connectivity index (χ0) is 18.1. The van der Waals surface area contributed by atoms with Crippen molar-refractivity contribution in [2.75, 3.05) is 18.0 Å². The van der Waals surface area contributed by atoms with E-state index in [9.17, 15) is 9.18 Å². The molecule has 0 unspecified atom stereocenters. The van der Waals surface area contributed by atoms with Crippen LogP contribution >= 0.6 is 0 Å². The SMILES string of the molecule is [N-]=[N+]=NC[C@H]1CN(c2ccc(-n3nnc4ccccc43)c(F)c2)C(=O)O1. The third-order valence-corrected chi connectivity index (χ3v) is 4.05. The second-order valence-electron chi connectivity index (χ2n) is 5.66. The average Bonchev–Trinajstić information content (AvgIpc) is 3.23. The number of carbonyl (C=O) groups excluding carboxylic acids is 1. The van der Waals surface area contributed by atoms with Crippen molar-refractivity contribution in [3.05, 3.63) is 58.7 Å². The van der Waals surface area contributed by atoms with Gasteiger partial charge in [-0.2, -0.15) is 0 Å². The van der Waals surface area contributed by atoms with Gasteiger partial charge in [0.1, 0.15) is 17.3 Å². The predicted molar refractivity (Wildman–Crippen MR) is 90.5 cm³/mol. The average molecular weight is 353 g/mol. The van der Waals surface area contributed by atoms with Crippen molar-refractivity contribution < 1.29 is 13.9 Å². The summed E-state index contributed by atoms with van der Waals surface area (Å²) in [5, 5.41) is 11.4. The van der Waals surface area contributed by atoms with Crippen molar-refractivity contribution >= 4 is 22.8 Å². The van der Waals surface area contributed by atoms with Gasteiger partial charge < -0.3 is 4.74 Å². The maximum absolute atomic E-state index is 14.7. The maximum atomic E-state index is 14.7. The van der Waals surface area contributed by atoms with Gasteiger partial charge in [-0.15, -0.1) is 5.10 Å². The van der Waals surface area contributed by atoms with E-state index in [4.69, 9.17) is 10.3 Å². The van der Waals surface area contributed by atoms with E-state index >= 15 is 0 Å². The first-order valence-corrected chi connectivity index (χ1v) is 7.77. The number of ether oxygens (including phenoxy) is 1. The van der Waals surface area contributed by atoms with Crippen molar-refractivity contribution in [3.8, 4) is 5.69 Å². The third-order valence-electron chi connectivity index (χ3n) is 4.05. The van der Waals surface area contributed by atoms with Crippen LogP contribution in [-0.4, -0.2) is 40.3 Å². The molecule has 0 saturated carbocycles. The van der Waals surface area contributed by atoms with Crippen LogP contribution < -0.4 is 4.90 Å². The van der Waals surface area contributed by atoms with Gasteiger partial charge in [0, 0.05) is 4.91 Å². The standard InChI is InChI=1S/C16H12FN7O2/c17-12-7-10(23-9-11(8-19-21-18)26-16(23)25)5-6-14(12)24-15-4-2-1-3-13(15)20-22-24/h1-7,11H,8-9H2/t11-/m0/s1. The fourth-order valence-corrected chi connectivity index (χ4v) is 2.84. The fourth-order valence-electron chi connectivity index (χ4n) is 2.84. The number of anilines is 1. The molecule has 1 aliphatic rings. The molecule has 1 saturated heterocycles. The van der Waals surface area contributed by atoms with E-state index in [1.807, 2.05) is 12.1 Å². The zero-order valence-electron chi connectivity index (χ0n) is 13.4. The number of hydrogen-bond donors (Lipinski definition) is 0. The van der Waals surface area contributed by atoms with Gasteiger partial charge in [0.05, 0.1) is 24.3 Å². The van der Waals surface area contributed by atoms with Gasteiger partial charge in [0.25, 0.3) is 0 Å². The van der Waals surface area contributed by atoms with Gasteiger partial charge in [-0.1, -0.05) is 22.5 Å². The molecule has 0 bridgehead atoms. The number of aromatic nitrogens is 3. The van der Waals surface area contributed by atoms with Crippen LogP contribution in [0.2, 0.25) is 0 Å². The molecule has 3 aromatic rings. The quantitative estimate of drug-likeness (QED) is 0.407. The number of benzene rings is 2. The third kappa shape index (κ3) is 2.68. The summed E-state index contributed by atoms with van der Waals surface area (Å²) in [4.78, 5) is 15.9. The number of carbonyl (C=O) groups is 1. The number of nitrogens with zero attached hydrogens (tertiary/aromatic N) is 7. The van der Waals surface area contributed by atoms with E-state index in [1.165, 1.54) is 21.7 Å². The number of azide groups is 1. The Labute approximate surface area is 146 Å². The molecular formula is C16H12FN7O2. The first-order chi connectivity index (χ1) is 12.7. The summed E-state index contributed by atoms with van der Waals surface area (Å²) in [7, 11) is 0. The number of rotatable bonds is 4. The molecule has 9 nitrogen and oxygen atoms in total. The van der Waals surface area contributed by atoms with Crippen molar-refractivity contribution in [1.29, 1.82) is 0 Å². The van der Waals surface area contributed by atoms with Gasteiger partial charge in [-0.3, -0.25) is 4.90 Å². The molecule has 2 aromatic carbocycles. The molecule has 0 radical (unpaired) electrons. The summed E-state index contributed by atoms with van der Waals surface area (Å²) < 4.78 is 21.2. The Kier molecular flexibility index (Phi) is 3.86. The Balaban J connectivity index is 1.64. The summed E-state index contributed by atoms with van der Waals surface area (Å²) in [6.45, 7) is 0.215. The van der Waals surface area contributed by atoms with Crippen LogP contribution in [0.3, 0.4) is 0 Å². The van der Waals surface area contributed by atoms with Crippen LogP contribution in [0, 0.1) is 5.82 Å². The molecule has 0 N–H and O–H groups in total. The molecule has 1 amide bonds. The van der Waals surface area contributed by atoms with Crippen LogP contribution in [0.4, 0.5) is 14.9 Å². The Bertz CT molecular complexity index is 1040. The van der Waals surface area contributed by atoms with Crippen molar-refractivity contribution in [2.24, 2.45) is 5.11 Å². The van der Waals surface area contributed by atoms with Crippen molar-refractivity contribution in [1.82, 2.24) is 15.0 Å². The lowest BCUT2D eigenvalue weighted by Gasteiger charge is -2.14. The normalized spacial score (nSPS) is 16.6. The molecule has 1 fully saturated rings. The van der Waals surface area contributed by atoms with Crippen molar-refractivity contribution in [2.45, 2.75) is 6.10 Å². The second-order valence-corrected chi connectivity index (χ2v) is 5.66. The summed E-state index contributed by atoms with van der Waals surface area (Å²) in [5.41, 5.74) is 10.3.